The van der Waals surface area contributed by atoms with Gasteiger partial charge in [-0.15, -0.1) is 0 Å². The molecule has 0 aliphatic heterocycles. The number of hydrogen-bond donors (Lipinski definition) is 2. The van der Waals surface area contributed by atoms with Crippen LogP contribution < -0.4 is 11.5 Å². The maximum atomic E-state index is 14.3. The molecule has 0 spiro atoms. The number of rotatable bonds is 28. The lowest BCUT2D eigenvalue weighted by molar-refractivity contribution is -0.173. The van der Waals surface area contributed by atoms with Crippen molar-refractivity contribution in [3.05, 3.63) is 143 Å². The summed E-state index contributed by atoms with van der Waals surface area (Å²) >= 11 is 0. The van der Waals surface area contributed by atoms with E-state index in [1.165, 1.54) is 25.0 Å². The van der Waals surface area contributed by atoms with Crippen molar-refractivity contribution in [1.29, 1.82) is 0 Å². The largest absolute Gasteiger partial charge is 0.465 e. The second kappa shape index (κ2) is 30.9. The van der Waals surface area contributed by atoms with Gasteiger partial charge in [-0.2, -0.15) is 0 Å². The Morgan fingerprint density at radius 2 is 0.760 bits per heavy atom. The number of esters is 6. The quantitative estimate of drug-likeness (QED) is 0.0135. The third-order valence-electron chi connectivity index (χ3n) is 13.5. The van der Waals surface area contributed by atoms with E-state index in [0.29, 0.717) is 85.0 Å². The summed E-state index contributed by atoms with van der Waals surface area (Å²) in [7, 11) is 0. The zero-order chi connectivity index (χ0) is 53.1. The predicted molar refractivity (Wildman–Crippen MR) is 288 cm³/mol. The van der Waals surface area contributed by atoms with Crippen LogP contribution in [0.25, 0.3) is 12.2 Å². The minimum Gasteiger partial charge on any atom is -0.465 e. The van der Waals surface area contributed by atoms with E-state index in [0.717, 1.165) is 62.5 Å². The first-order chi connectivity index (χ1) is 36.5. The number of anilines is 2. The van der Waals surface area contributed by atoms with Crippen molar-refractivity contribution in [3.63, 3.8) is 0 Å². The summed E-state index contributed by atoms with van der Waals surface area (Å²) in [5.74, 6) is -3.01. The fourth-order valence-corrected chi connectivity index (χ4v) is 9.18. The topological polar surface area (TPSA) is 210 Å². The van der Waals surface area contributed by atoms with E-state index in [9.17, 15) is 28.8 Å². The van der Waals surface area contributed by atoms with E-state index in [2.05, 4.69) is 0 Å². The molecule has 0 atom stereocenters. The molecule has 0 aromatic heterocycles. The zero-order valence-electron chi connectivity index (χ0n) is 43.2. The van der Waals surface area contributed by atoms with Crippen LogP contribution >= 0.6 is 0 Å². The molecule has 0 saturated heterocycles. The van der Waals surface area contributed by atoms with Crippen molar-refractivity contribution in [2.24, 2.45) is 5.41 Å². The number of benzene rings is 4. The van der Waals surface area contributed by atoms with E-state index < -0.39 is 29.3 Å². The summed E-state index contributed by atoms with van der Waals surface area (Å²) in [6.45, 7) is 0.578. The van der Waals surface area contributed by atoms with Gasteiger partial charge in [0.25, 0.3) is 0 Å². The lowest BCUT2D eigenvalue weighted by Crippen LogP contribution is -2.46. The van der Waals surface area contributed by atoms with Crippen LogP contribution in [0.15, 0.2) is 109 Å². The van der Waals surface area contributed by atoms with Gasteiger partial charge in [-0.05, 0) is 199 Å². The fourth-order valence-electron chi connectivity index (χ4n) is 9.18. The van der Waals surface area contributed by atoms with E-state index in [-0.39, 0.29) is 63.4 Å². The Balaban J connectivity index is 0.922. The van der Waals surface area contributed by atoms with Gasteiger partial charge < -0.3 is 39.9 Å². The highest BCUT2D eigenvalue weighted by molar-refractivity contribution is 6.01. The molecule has 2 saturated carbocycles. The standard InChI is InChI=1S/C61H74N2O12/c62-51-33-23-47(24-34-51)43-61(44-48-25-35-52(63)36-26-48,59(68)72-41-13-3-1-11-39-70-57(66)49-29-19-45(20-30-49)27-37-55(64)74-53-15-7-5-8-16-53)60(69)73-42-14-4-2-12-40-71-58(67)50-31-21-46(22-32-50)28-38-56(65)75-54-17-9-6-10-18-54/h19-38,53-54H,1-18,39-44,62-63H2. The molecule has 2 fully saturated rings. The molecule has 4 aromatic rings. The molecule has 2 aliphatic carbocycles. The lowest BCUT2D eigenvalue weighted by Gasteiger charge is -2.30. The smallest absolute Gasteiger partial charge is 0.338 e. The van der Waals surface area contributed by atoms with E-state index in [4.69, 9.17) is 39.9 Å². The molecule has 6 rings (SSSR count). The summed E-state index contributed by atoms with van der Waals surface area (Å²) in [4.78, 5) is 78.6. The Hall–Kier alpha value is -7.22. The average molecular weight is 1030 g/mol. The predicted octanol–water partition coefficient (Wildman–Crippen LogP) is 11.3. The fraction of sp³-hybridized carbons (Fsp3) is 0.443. The van der Waals surface area contributed by atoms with E-state index >= 15 is 0 Å². The molecule has 400 valence electrons. The number of hydrogen-bond acceptors (Lipinski definition) is 14. The molecule has 75 heavy (non-hydrogen) atoms. The first-order valence-electron chi connectivity index (χ1n) is 26.8. The van der Waals surface area contributed by atoms with Crippen molar-refractivity contribution >= 4 is 59.3 Å². The molecule has 0 unspecified atom stereocenters. The van der Waals surface area contributed by atoms with Crippen molar-refractivity contribution < 1.29 is 57.2 Å². The van der Waals surface area contributed by atoms with Gasteiger partial charge in [0.1, 0.15) is 12.2 Å². The Morgan fingerprint density at radius 1 is 0.427 bits per heavy atom. The molecular weight excluding hydrogens is 953 g/mol. The monoisotopic (exact) mass is 1030 g/mol. The molecule has 0 heterocycles. The Bertz CT molecular complexity index is 2310. The number of unbranched alkanes of at least 4 members (excludes halogenated alkanes) is 6. The minimum atomic E-state index is -1.72. The normalized spacial score (nSPS) is 14.3. The molecule has 2 aliphatic rings. The maximum absolute atomic E-state index is 14.3. The van der Waals surface area contributed by atoms with Crippen LogP contribution in [0.1, 0.15) is 159 Å². The van der Waals surface area contributed by atoms with Crippen molar-refractivity contribution in [2.75, 3.05) is 37.9 Å². The first-order valence-corrected chi connectivity index (χ1v) is 26.8. The Labute approximate surface area is 441 Å². The van der Waals surface area contributed by atoms with Crippen LogP contribution in [0.4, 0.5) is 11.4 Å². The summed E-state index contributed by atoms with van der Waals surface area (Å²) in [6, 6.07) is 27.6. The number of carbonyl (C=O) groups is 6. The molecular formula is C61H74N2O12. The van der Waals surface area contributed by atoms with Gasteiger partial charge in [0.2, 0.25) is 0 Å². The highest BCUT2D eigenvalue weighted by Crippen LogP contribution is 2.33. The van der Waals surface area contributed by atoms with Gasteiger partial charge in [0.05, 0.1) is 37.6 Å². The van der Waals surface area contributed by atoms with Crippen LogP contribution in [0.2, 0.25) is 0 Å². The van der Waals surface area contributed by atoms with Crippen molar-refractivity contribution in [3.8, 4) is 0 Å². The molecule has 0 amide bonds. The second-order valence-electron chi connectivity index (χ2n) is 19.6. The van der Waals surface area contributed by atoms with Crippen LogP contribution in [0, 0.1) is 5.41 Å². The molecule has 4 N–H and O–H groups in total. The number of carbonyl (C=O) groups excluding carboxylic acids is 6. The van der Waals surface area contributed by atoms with Gasteiger partial charge in [0, 0.05) is 23.5 Å². The van der Waals surface area contributed by atoms with Gasteiger partial charge in [-0.3, -0.25) is 9.59 Å². The summed E-state index contributed by atoms with van der Waals surface area (Å²) < 4.78 is 33.9. The highest BCUT2D eigenvalue weighted by Gasteiger charge is 2.49. The van der Waals surface area contributed by atoms with Crippen LogP contribution in [-0.2, 0) is 60.4 Å². The van der Waals surface area contributed by atoms with Gasteiger partial charge >= 0.3 is 35.8 Å². The molecule has 0 bridgehead atoms. The number of ether oxygens (including phenoxy) is 6. The SMILES string of the molecule is Nc1ccc(CC(Cc2ccc(N)cc2)(C(=O)OCCCCCCOC(=O)c2ccc(C=CC(=O)OC3CCCCC3)cc2)C(=O)OCCCCCCOC(=O)c2ccc(C=CC(=O)OC3CCCCC3)cc2)cc1. The first kappa shape index (κ1) is 57.1. The van der Waals surface area contributed by atoms with Gasteiger partial charge in [-0.1, -0.05) is 61.4 Å². The summed E-state index contributed by atoms with van der Waals surface area (Å²) in [5, 5.41) is 0. The van der Waals surface area contributed by atoms with Crippen molar-refractivity contribution in [1.82, 2.24) is 0 Å². The summed E-state index contributed by atoms with van der Waals surface area (Å²) in [6.07, 6.45) is 21.5. The number of nitrogens with two attached hydrogens (primary N) is 2. The van der Waals surface area contributed by atoms with Crippen LogP contribution in [0.3, 0.4) is 0 Å². The van der Waals surface area contributed by atoms with Gasteiger partial charge in [-0.25, -0.2) is 19.2 Å². The van der Waals surface area contributed by atoms with Crippen LogP contribution in [0.5, 0.6) is 0 Å². The van der Waals surface area contributed by atoms with Gasteiger partial charge in [0.15, 0.2) is 5.41 Å². The minimum absolute atomic E-state index is 0.00887. The van der Waals surface area contributed by atoms with E-state index in [1.54, 1.807) is 109 Å². The van der Waals surface area contributed by atoms with Crippen molar-refractivity contribution in [2.45, 2.75) is 141 Å². The molecule has 14 nitrogen and oxygen atoms in total. The summed E-state index contributed by atoms with van der Waals surface area (Å²) in [5.41, 5.74) is 15.1. The second-order valence-corrected chi connectivity index (χ2v) is 19.6. The van der Waals surface area contributed by atoms with Crippen LogP contribution in [-0.4, -0.2) is 74.5 Å². The highest BCUT2D eigenvalue weighted by atomic mass is 16.6. The molecule has 14 heteroatoms. The maximum Gasteiger partial charge on any atom is 0.338 e. The Kier molecular flexibility index (Phi) is 23.5. The third kappa shape index (κ3) is 19.9. The number of nitrogen functional groups attached to an aromatic ring is 2. The zero-order valence-corrected chi connectivity index (χ0v) is 43.2. The molecule has 0 radical (unpaired) electrons. The Morgan fingerprint density at radius 3 is 1.11 bits per heavy atom. The molecule has 4 aromatic carbocycles. The third-order valence-corrected chi connectivity index (χ3v) is 13.5. The average Bonchev–Trinajstić information content (AvgIpc) is 3.42. The lowest BCUT2D eigenvalue weighted by atomic mass is 9.76. The van der Waals surface area contributed by atoms with E-state index in [1.807, 2.05) is 0 Å².